The molecule has 2 saturated heterocycles. The second-order valence-electron chi connectivity index (χ2n) is 6.54. The Balaban J connectivity index is 1.80. The van der Waals surface area contributed by atoms with E-state index in [1.165, 1.54) is 10.4 Å². The number of rotatable bonds is 4. The van der Waals surface area contributed by atoms with E-state index in [1.807, 2.05) is 0 Å². The molecular weight excluding hydrogens is 405 g/mol. The maximum Gasteiger partial charge on any atom is 0.245 e. The van der Waals surface area contributed by atoms with Gasteiger partial charge in [-0.3, -0.25) is 9.69 Å². The molecule has 3 heterocycles. The summed E-state index contributed by atoms with van der Waals surface area (Å²) in [5.74, 6) is -0.358. The summed E-state index contributed by atoms with van der Waals surface area (Å²) in [4.78, 5) is 14.4. The third-order valence-corrected chi connectivity index (χ3v) is 8.86. The summed E-state index contributed by atoms with van der Waals surface area (Å²) in [5, 5.41) is 0. The van der Waals surface area contributed by atoms with Crippen molar-refractivity contribution in [1.82, 2.24) is 9.21 Å². The van der Waals surface area contributed by atoms with E-state index in [-0.39, 0.29) is 28.2 Å². The Hall–Kier alpha value is -0.380. The van der Waals surface area contributed by atoms with E-state index in [0.717, 1.165) is 43.7 Å². The van der Waals surface area contributed by atoms with Gasteiger partial charge < -0.3 is 5.73 Å². The van der Waals surface area contributed by atoms with Crippen LogP contribution in [0.5, 0.6) is 0 Å². The number of primary amides is 1. The predicted molar refractivity (Wildman–Crippen MR) is 99.7 cm³/mol. The Bertz CT molecular complexity index is 752. The average Bonchev–Trinajstić information content (AvgIpc) is 2.94. The topological polar surface area (TPSA) is 83.7 Å². The molecule has 0 spiro atoms. The molecule has 1 aromatic heterocycles. The number of likely N-dealkylation sites (tertiary alicyclic amines) is 1. The number of nitrogens with zero attached hydrogens (tertiary/aromatic N) is 2. The van der Waals surface area contributed by atoms with E-state index in [2.05, 4.69) is 4.90 Å². The monoisotopic (exact) mass is 425 g/mol. The molecule has 0 unspecified atom stereocenters. The zero-order valence-electron chi connectivity index (χ0n) is 13.7. The summed E-state index contributed by atoms with van der Waals surface area (Å²) in [6.07, 6.45) is 4.04. The van der Waals surface area contributed by atoms with Gasteiger partial charge in [-0.15, -0.1) is 11.3 Å². The van der Waals surface area contributed by atoms with Crippen LogP contribution in [-0.4, -0.2) is 55.2 Å². The first kappa shape index (κ1) is 19.4. The molecule has 2 aliphatic heterocycles. The van der Waals surface area contributed by atoms with Gasteiger partial charge in [0.15, 0.2) is 0 Å². The van der Waals surface area contributed by atoms with Gasteiger partial charge in [0, 0.05) is 13.1 Å². The number of carbonyl (C=O) groups excluding carboxylic acids is 1. The molecule has 0 aromatic carbocycles. The van der Waals surface area contributed by atoms with Gasteiger partial charge in [-0.1, -0.05) is 29.6 Å². The van der Waals surface area contributed by atoms with E-state index >= 15 is 0 Å². The standard InChI is InChI=1S/C15H21Cl2N3O3S2/c16-12-10-11(13(17)24-12)25(22,23)20-8-4-15(5-9-20,14(18)21)19-6-2-1-3-7-19/h10H,1-9H2,(H2,18,21). The van der Waals surface area contributed by atoms with Crippen LogP contribution in [0.15, 0.2) is 11.0 Å². The molecule has 0 radical (unpaired) electrons. The van der Waals surface area contributed by atoms with Crippen molar-refractivity contribution in [2.45, 2.75) is 42.5 Å². The van der Waals surface area contributed by atoms with Gasteiger partial charge in [0.25, 0.3) is 0 Å². The fourth-order valence-corrected chi connectivity index (χ4v) is 7.33. The molecule has 1 amide bonds. The Morgan fingerprint density at radius 1 is 1.12 bits per heavy atom. The van der Waals surface area contributed by atoms with Crippen LogP contribution in [0.25, 0.3) is 0 Å². The largest absolute Gasteiger partial charge is 0.368 e. The third kappa shape index (κ3) is 3.57. The fraction of sp³-hybridized carbons (Fsp3) is 0.667. The van der Waals surface area contributed by atoms with E-state index < -0.39 is 15.6 Å². The third-order valence-electron chi connectivity index (χ3n) is 5.21. The first-order chi connectivity index (χ1) is 11.8. The van der Waals surface area contributed by atoms with E-state index in [0.29, 0.717) is 17.2 Å². The number of sulfonamides is 1. The number of piperidine rings is 2. The molecule has 25 heavy (non-hydrogen) atoms. The highest BCUT2D eigenvalue weighted by molar-refractivity contribution is 7.89. The lowest BCUT2D eigenvalue weighted by Gasteiger charge is -2.47. The van der Waals surface area contributed by atoms with E-state index in [4.69, 9.17) is 28.9 Å². The maximum absolute atomic E-state index is 12.8. The summed E-state index contributed by atoms with van der Waals surface area (Å²) >= 11 is 12.9. The van der Waals surface area contributed by atoms with Gasteiger partial charge in [0.05, 0.1) is 4.34 Å². The van der Waals surface area contributed by atoms with Crippen molar-refractivity contribution in [1.29, 1.82) is 0 Å². The minimum atomic E-state index is -3.72. The van der Waals surface area contributed by atoms with Crippen LogP contribution in [-0.2, 0) is 14.8 Å². The lowest BCUT2D eigenvalue weighted by atomic mass is 9.84. The van der Waals surface area contributed by atoms with E-state index in [1.54, 1.807) is 0 Å². The summed E-state index contributed by atoms with van der Waals surface area (Å²) in [6, 6.07) is 1.38. The highest BCUT2D eigenvalue weighted by atomic mass is 35.5. The highest BCUT2D eigenvalue weighted by Gasteiger charge is 2.47. The molecule has 2 fully saturated rings. The smallest absolute Gasteiger partial charge is 0.245 e. The van der Waals surface area contributed by atoms with Gasteiger partial charge in [-0.25, -0.2) is 8.42 Å². The van der Waals surface area contributed by atoms with Crippen LogP contribution in [0.1, 0.15) is 32.1 Å². The molecule has 0 saturated carbocycles. The minimum Gasteiger partial charge on any atom is -0.368 e. The molecule has 10 heteroatoms. The number of thiophene rings is 1. The van der Waals surface area contributed by atoms with Crippen molar-refractivity contribution in [2.24, 2.45) is 5.73 Å². The number of halogens is 2. The van der Waals surface area contributed by atoms with Crippen LogP contribution in [0.2, 0.25) is 8.67 Å². The second kappa shape index (κ2) is 7.32. The molecule has 2 N–H and O–H groups in total. The zero-order chi connectivity index (χ0) is 18.2. The minimum absolute atomic E-state index is 0.0358. The van der Waals surface area contributed by atoms with Crippen molar-refractivity contribution >= 4 is 50.5 Å². The van der Waals surface area contributed by atoms with Crippen molar-refractivity contribution in [2.75, 3.05) is 26.2 Å². The quantitative estimate of drug-likeness (QED) is 0.802. The maximum atomic E-state index is 12.8. The molecule has 1 aromatic rings. The van der Waals surface area contributed by atoms with Gasteiger partial charge in [-0.2, -0.15) is 4.31 Å². The SMILES string of the molecule is NC(=O)C1(N2CCCCC2)CCN(S(=O)(=O)c2cc(Cl)sc2Cl)CC1. The molecule has 140 valence electrons. The summed E-state index contributed by atoms with van der Waals surface area (Å²) in [7, 11) is -3.72. The van der Waals surface area contributed by atoms with Gasteiger partial charge >= 0.3 is 0 Å². The Morgan fingerprint density at radius 3 is 2.20 bits per heavy atom. The van der Waals surface area contributed by atoms with Gasteiger partial charge in [-0.05, 0) is 44.8 Å². The van der Waals surface area contributed by atoms with Crippen molar-refractivity contribution < 1.29 is 13.2 Å². The Kier molecular flexibility index (Phi) is 5.68. The number of amides is 1. The van der Waals surface area contributed by atoms with Crippen molar-refractivity contribution in [3.63, 3.8) is 0 Å². The first-order valence-corrected chi connectivity index (χ1v) is 11.3. The summed E-state index contributed by atoms with van der Waals surface area (Å²) < 4.78 is 27.5. The molecule has 2 aliphatic rings. The fourth-order valence-electron chi connectivity index (χ4n) is 3.78. The molecule has 0 aliphatic carbocycles. The summed E-state index contributed by atoms with van der Waals surface area (Å²) in [6.45, 7) is 2.15. The molecule has 0 bridgehead atoms. The molecule has 6 nitrogen and oxygen atoms in total. The van der Waals surface area contributed by atoms with Crippen molar-refractivity contribution in [3.8, 4) is 0 Å². The average molecular weight is 426 g/mol. The van der Waals surface area contributed by atoms with Crippen molar-refractivity contribution in [3.05, 3.63) is 14.7 Å². The van der Waals surface area contributed by atoms with Crippen LogP contribution in [0.3, 0.4) is 0 Å². The molecule has 0 atom stereocenters. The zero-order valence-corrected chi connectivity index (χ0v) is 16.9. The van der Waals surface area contributed by atoms with E-state index in [9.17, 15) is 13.2 Å². The molecule has 3 rings (SSSR count). The van der Waals surface area contributed by atoms with Gasteiger partial charge in [0.1, 0.15) is 14.8 Å². The van der Waals surface area contributed by atoms with Gasteiger partial charge in [0.2, 0.25) is 15.9 Å². The highest BCUT2D eigenvalue weighted by Crippen LogP contribution is 2.38. The Labute approximate surface area is 161 Å². The van der Waals surface area contributed by atoms with Crippen LogP contribution < -0.4 is 5.73 Å². The predicted octanol–water partition coefficient (Wildman–Crippen LogP) is 2.55. The summed E-state index contributed by atoms with van der Waals surface area (Å²) in [5.41, 5.74) is 4.99. The number of carbonyl (C=O) groups is 1. The number of nitrogens with two attached hydrogens (primary N) is 1. The number of hydrogen-bond donors (Lipinski definition) is 1. The van der Waals surface area contributed by atoms with Crippen LogP contribution in [0, 0.1) is 0 Å². The van der Waals surface area contributed by atoms with Crippen LogP contribution >= 0.6 is 34.5 Å². The normalized spacial score (nSPS) is 22.8. The Morgan fingerprint density at radius 2 is 1.72 bits per heavy atom. The second-order valence-corrected chi connectivity index (χ2v) is 10.7. The van der Waals surface area contributed by atoms with Crippen LogP contribution in [0.4, 0.5) is 0 Å². The first-order valence-electron chi connectivity index (χ1n) is 8.27. The lowest BCUT2D eigenvalue weighted by Crippen LogP contribution is -2.63. The molecular formula is C15H21Cl2N3O3S2. The number of hydrogen-bond acceptors (Lipinski definition) is 5. The lowest BCUT2D eigenvalue weighted by molar-refractivity contribution is -0.134.